The van der Waals surface area contributed by atoms with Crippen LogP contribution < -0.4 is 9.92 Å². The molecule has 1 aromatic carbocycles. The van der Waals surface area contributed by atoms with Gasteiger partial charge in [-0.3, -0.25) is 4.79 Å². The Bertz CT molecular complexity index is 1100. The van der Waals surface area contributed by atoms with E-state index in [4.69, 9.17) is 5.73 Å². The molecule has 0 aliphatic heterocycles. The predicted molar refractivity (Wildman–Crippen MR) is 95.1 cm³/mol. The zero-order chi connectivity index (χ0) is 22.2. The first-order valence-electron chi connectivity index (χ1n) is 7.76. The van der Waals surface area contributed by atoms with Gasteiger partial charge >= 0.3 is 21.6 Å². The maximum atomic E-state index is 12.8. The number of carbonyl (C=O) groups is 1. The number of hydrogen-bond donors (Lipinski definition) is 2. The summed E-state index contributed by atoms with van der Waals surface area (Å²) in [6, 6.07) is 8.45. The molecule has 0 spiro atoms. The summed E-state index contributed by atoms with van der Waals surface area (Å²) >= 11 is 0. The lowest BCUT2D eigenvalue weighted by atomic mass is 9.86. The van der Waals surface area contributed by atoms with Gasteiger partial charge in [-0.15, -0.1) is 0 Å². The minimum Gasteiger partial charge on any atom is -0.481 e. The topological polar surface area (TPSA) is 143 Å². The summed E-state index contributed by atoms with van der Waals surface area (Å²) in [4.78, 5) is 15.2. The van der Waals surface area contributed by atoms with Crippen LogP contribution in [0.4, 0.5) is 18.9 Å². The second-order valence-corrected chi connectivity index (χ2v) is 7.92. The van der Waals surface area contributed by atoms with Crippen LogP contribution in [0, 0.1) is 11.3 Å². The standard InChI is InChI=1S/C17H14F3N3O5S/c1-16(2,15(24)25)13-7-11(9-3-5-10(22)6-4-9)12(8-21)14(23-13)28-29(26,27)17(18,19)20/h3-7H,22H2,1-2H3,(H,24,25). The monoisotopic (exact) mass is 429 g/mol. The van der Waals surface area contributed by atoms with Gasteiger partial charge in [-0.2, -0.15) is 26.9 Å². The van der Waals surface area contributed by atoms with E-state index in [0.717, 1.165) is 0 Å². The summed E-state index contributed by atoms with van der Waals surface area (Å²) in [7, 11) is -6.15. The molecular weight excluding hydrogens is 415 g/mol. The van der Waals surface area contributed by atoms with Gasteiger partial charge < -0.3 is 15.0 Å². The Morgan fingerprint density at radius 2 is 1.79 bits per heavy atom. The number of halogens is 3. The number of nitrogen functional groups attached to an aromatic ring is 1. The Labute approximate surface area is 163 Å². The van der Waals surface area contributed by atoms with Gasteiger partial charge in [-0.05, 0) is 37.6 Å². The van der Waals surface area contributed by atoms with Gasteiger partial charge in [-0.1, -0.05) is 12.1 Å². The average molecular weight is 429 g/mol. The number of anilines is 1. The molecule has 0 aliphatic carbocycles. The first-order valence-corrected chi connectivity index (χ1v) is 9.17. The summed E-state index contributed by atoms with van der Waals surface area (Å²) < 4.78 is 65.2. The van der Waals surface area contributed by atoms with Crippen LogP contribution >= 0.6 is 0 Å². The third-order valence-electron chi connectivity index (χ3n) is 3.97. The number of carboxylic acids is 1. The number of nitrogens with zero attached hydrogens (tertiary/aromatic N) is 2. The van der Waals surface area contributed by atoms with Crippen LogP contribution in [0.5, 0.6) is 5.88 Å². The minimum absolute atomic E-state index is 0.0702. The van der Waals surface area contributed by atoms with Crippen molar-refractivity contribution >= 4 is 21.8 Å². The number of benzene rings is 1. The fourth-order valence-electron chi connectivity index (χ4n) is 2.16. The minimum atomic E-state index is -6.15. The summed E-state index contributed by atoms with van der Waals surface area (Å²) in [5.74, 6) is -2.56. The van der Waals surface area contributed by atoms with Crippen molar-refractivity contribution < 1.29 is 35.7 Å². The van der Waals surface area contributed by atoms with E-state index in [2.05, 4.69) is 9.17 Å². The van der Waals surface area contributed by atoms with Gasteiger partial charge in [-0.25, -0.2) is 4.98 Å². The molecule has 2 aromatic rings. The van der Waals surface area contributed by atoms with Crippen molar-refractivity contribution in [3.05, 3.63) is 41.6 Å². The van der Waals surface area contributed by atoms with Crippen molar-refractivity contribution in [2.45, 2.75) is 24.8 Å². The zero-order valence-electron chi connectivity index (χ0n) is 15.0. The van der Waals surface area contributed by atoms with E-state index in [1.54, 1.807) is 6.07 Å². The van der Waals surface area contributed by atoms with Crippen LogP contribution in [0.25, 0.3) is 11.1 Å². The number of pyridine rings is 1. The van der Waals surface area contributed by atoms with Gasteiger partial charge in [0.2, 0.25) is 0 Å². The van der Waals surface area contributed by atoms with Crippen molar-refractivity contribution in [2.75, 3.05) is 5.73 Å². The lowest BCUT2D eigenvalue weighted by Crippen LogP contribution is -2.31. The van der Waals surface area contributed by atoms with Crippen molar-refractivity contribution in [3.63, 3.8) is 0 Å². The highest BCUT2D eigenvalue weighted by molar-refractivity contribution is 7.87. The number of hydrogen-bond acceptors (Lipinski definition) is 7. The Hall–Kier alpha value is -3.33. The lowest BCUT2D eigenvalue weighted by Gasteiger charge is -2.21. The first-order chi connectivity index (χ1) is 13.2. The Morgan fingerprint density at radius 3 is 2.24 bits per heavy atom. The molecule has 1 aromatic heterocycles. The molecule has 1 heterocycles. The number of alkyl halides is 3. The zero-order valence-corrected chi connectivity index (χ0v) is 15.8. The molecular formula is C17H14F3N3O5S. The number of nitrogens with two attached hydrogens (primary N) is 1. The first kappa shape index (κ1) is 22.0. The number of carboxylic acid groups (broad SMARTS) is 1. The smallest absolute Gasteiger partial charge is 0.481 e. The quantitative estimate of drug-likeness (QED) is 0.419. The number of nitriles is 1. The Kier molecular flexibility index (Phi) is 5.49. The van der Waals surface area contributed by atoms with Gasteiger partial charge in [0, 0.05) is 11.3 Å². The lowest BCUT2D eigenvalue weighted by molar-refractivity contribution is -0.142. The summed E-state index contributed by atoms with van der Waals surface area (Å²) in [5, 5.41) is 18.8. The molecule has 0 aliphatic rings. The molecule has 0 bridgehead atoms. The summed E-state index contributed by atoms with van der Waals surface area (Å²) in [6.45, 7) is 2.41. The molecule has 8 nitrogen and oxygen atoms in total. The molecule has 29 heavy (non-hydrogen) atoms. The van der Waals surface area contributed by atoms with E-state index in [9.17, 15) is 36.8 Å². The largest absolute Gasteiger partial charge is 0.534 e. The third kappa shape index (κ3) is 4.24. The second kappa shape index (κ2) is 7.25. The van der Waals surface area contributed by atoms with E-state index in [0.29, 0.717) is 5.69 Å². The SMILES string of the molecule is CC(C)(C(=O)O)c1cc(-c2ccc(N)cc2)c(C#N)c(OS(=O)(=O)C(F)(F)F)n1. The van der Waals surface area contributed by atoms with Crippen LogP contribution in [0.3, 0.4) is 0 Å². The molecule has 12 heteroatoms. The fraction of sp³-hybridized carbons (Fsp3) is 0.235. The Balaban J connectivity index is 2.85. The fourth-order valence-corrected chi connectivity index (χ4v) is 2.58. The molecule has 154 valence electrons. The number of rotatable bonds is 5. The van der Waals surface area contributed by atoms with Crippen LogP contribution in [-0.4, -0.2) is 30.0 Å². The van der Waals surface area contributed by atoms with Crippen LogP contribution in [0.1, 0.15) is 25.1 Å². The molecule has 0 fully saturated rings. The second-order valence-electron chi connectivity index (χ2n) is 6.38. The normalized spacial score (nSPS) is 12.3. The van der Waals surface area contributed by atoms with Crippen LogP contribution in [-0.2, 0) is 20.3 Å². The van der Waals surface area contributed by atoms with Crippen molar-refractivity contribution in [1.82, 2.24) is 4.98 Å². The van der Waals surface area contributed by atoms with E-state index in [1.807, 2.05) is 0 Å². The van der Waals surface area contributed by atoms with E-state index < -0.39 is 38.5 Å². The molecule has 3 N–H and O–H groups in total. The number of aromatic nitrogens is 1. The van der Waals surface area contributed by atoms with E-state index >= 15 is 0 Å². The highest BCUT2D eigenvalue weighted by Gasteiger charge is 2.49. The highest BCUT2D eigenvalue weighted by atomic mass is 32.2. The average Bonchev–Trinajstić information content (AvgIpc) is 2.60. The van der Waals surface area contributed by atoms with Crippen molar-refractivity contribution in [1.29, 1.82) is 5.26 Å². The van der Waals surface area contributed by atoms with Gasteiger partial charge in [0.05, 0.1) is 5.69 Å². The molecule has 0 unspecified atom stereocenters. The molecule has 2 rings (SSSR count). The molecule has 0 atom stereocenters. The number of aliphatic carboxylic acids is 1. The maximum absolute atomic E-state index is 12.8. The summed E-state index contributed by atoms with van der Waals surface area (Å²) in [5.41, 5.74) is -2.32. The van der Waals surface area contributed by atoms with Crippen molar-refractivity contribution in [3.8, 4) is 23.1 Å². The maximum Gasteiger partial charge on any atom is 0.534 e. The summed E-state index contributed by atoms with van der Waals surface area (Å²) in [6.07, 6.45) is 0. The molecule has 0 saturated heterocycles. The molecule has 0 amide bonds. The molecule has 0 radical (unpaired) electrons. The van der Waals surface area contributed by atoms with Crippen LogP contribution in [0.2, 0.25) is 0 Å². The highest BCUT2D eigenvalue weighted by Crippen LogP contribution is 2.36. The Morgan fingerprint density at radius 1 is 1.24 bits per heavy atom. The molecule has 0 saturated carbocycles. The van der Waals surface area contributed by atoms with Gasteiger partial charge in [0.25, 0.3) is 5.88 Å². The van der Waals surface area contributed by atoms with E-state index in [1.165, 1.54) is 44.2 Å². The van der Waals surface area contributed by atoms with Crippen LogP contribution in [0.15, 0.2) is 30.3 Å². The van der Waals surface area contributed by atoms with Gasteiger partial charge in [0.1, 0.15) is 17.0 Å². The van der Waals surface area contributed by atoms with E-state index in [-0.39, 0.29) is 16.8 Å². The predicted octanol–water partition coefficient (Wildman–Crippen LogP) is 2.79. The van der Waals surface area contributed by atoms with Crippen molar-refractivity contribution in [2.24, 2.45) is 0 Å². The van der Waals surface area contributed by atoms with Gasteiger partial charge in [0.15, 0.2) is 0 Å². The third-order valence-corrected chi connectivity index (χ3v) is 4.91.